The molecule has 0 saturated heterocycles. The summed E-state index contributed by atoms with van der Waals surface area (Å²) in [7, 11) is 1.88. The molecule has 0 fully saturated rings. The molecule has 1 aromatic heterocycles. The predicted molar refractivity (Wildman–Crippen MR) is 66.0 cm³/mol. The molecule has 1 heterocycles. The van der Waals surface area contributed by atoms with Gasteiger partial charge in [0.2, 0.25) is 0 Å². The van der Waals surface area contributed by atoms with Crippen LogP contribution < -0.4 is 0 Å². The average Bonchev–Trinajstić information content (AvgIpc) is 2.64. The third kappa shape index (κ3) is 2.51. The molecule has 0 aliphatic heterocycles. The van der Waals surface area contributed by atoms with Crippen LogP contribution in [0.1, 0.15) is 17.5 Å². The lowest BCUT2D eigenvalue weighted by Gasteiger charge is -2.10. The maximum atomic E-state index is 10.0. The van der Waals surface area contributed by atoms with Crippen LogP contribution in [0.2, 0.25) is 0 Å². The third-order valence-electron chi connectivity index (χ3n) is 2.47. The van der Waals surface area contributed by atoms with E-state index in [0.29, 0.717) is 12.2 Å². The summed E-state index contributed by atoms with van der Waals surface area (Å²) in [5, 5.41) is 10.0. The van der Waals surface area contributed by atoms with Gasteiger partial charge in [0.25, 0.3) is 0 Å². The Kier molecular flexibility index (Phi) is 3.41. The number of imidazole rings is 1. The molecular weight excluding hydrogens is 268 g/mol. The Morgan fingerprint density at radius 3 is 2.94 bits per heavy atom. The van der Waals surface area contributed by atoms with Crippen molar-refractivity contribution in [3.63, 3.8) is 0 Å². The van der Waals surface area contributed by atoms with Gasteiger partial charge in [-0.3, -0.25) is 0 Å². The lowest BCUT2D eigenvalue weighted by atomic mass is 10.1. The Bertz CT molecular complexity index is 481. The van der Waals surface area contributed by atoms with Crippen LogP contribution in [0.25, 0.3) is 0 Å². The van der Waals surface area contributed by atoms with E-state index in [2.05, 4.69) is 20.9 Å². The molecule has 1 atom stereocenters. The van der Waals surface area contributed by atoms with Crippen LogP contribution in [0.3, 0.4) is 0 Å². The fourth-order valence-corrected chi connectivity index (χ4v) is 2.12. The number of aromatic nitrogens is 2. The fraction of sp³-hybridized carbons (Fsp3) is 0.250. The zero-order valence-electron chi connectivity index (χ0n) is 8.97. The summed E-state index contributed by atoms with van der Waals surface area (Å²) >= 11 is 3.41. The topological polar surface area (TPSA) is 38.0 Å². The molecule has 2 rings (SSSR count). The highest BCUT2D eigenvalue weighted by atomic mass is 79.9. The molecule has 1 N–H and O–H groups in total. The quantitative estimate of drug-likeness (QED) is 0.938. The molecule has 1 unspecified atom stereocenters. The minimum Gasteiger partial charge on any atom is -0.385 e. The Morgan fingerprint density at radius 2 is 2.31 bits per heavy atom. The summed E-state index contributed by atoms with van der Waals surface area (Å²) < 4.78 is 2.86. The number of aryl methyl sites for hydroxylation is 1. The molecule has 0 spiro atoms. The normalized spacial score (nSPS) is 12.7. The Hall–Kier alpha value is -1.13. The van der Waals surface area contributed by atoms with Gasteiger partial charge in [-0.15, -0.1) is 0 Å². The van der Waals surface area contributed by atoms with Gasteiger partial charge in [-0.2, -0.15) is 0 Å². The van der Waals surface area contributed by atoms with Crippen LogP contribution in [0.4, 0.5) is 0 Å². The summed E-state index contributed by atoms with van der Waals surface area (Å²) in [5.74, 6) is 0.694. The maximum absolute atomic E-state index is 10.0. The van der Waals surface area contributed by atoms with E-state index in [4.69, 9.17) is 0 Å². The molecule has 3 nitrogen and oxygen atoms in total. The van der Waals surface area contributed by atoms with E-state index in [1.54, 1.807) is 6.20 Å². The first-order chi connectivity index (χ1) is 7.66. The molecule has 16 heavy (non-hydrogen) atoms. The SMILES string of the molecule is Cn1ccnc1C(O)Cc1cccc(Br)c1. The Balaban J connectivity index is 2.14. The first-order valence-electron chi connectivity index (χ1n) is 5.06. The number of aliphatic hydroxyl groups excluding tert-OH is 1. The Morgan fingerprint density at radius 1 is 1.50 bits per heavy atom. The van der Waals surface area contributed by atoms with Crippen LogP contribution in [0.5, 0.6) is 0 Å². The largest absolute Gasteiger partial charge is 0.385 e. The maximum Gasteiger partial charge on any atom is 0.137 e. The summed E-state index contributed by atoms with van der Waals surface area (Å²) in [6.45, 7) is 0. The van der Waals surface area contributed by atoms with Gasteiger partial charge in [-0.25, -0.2) is 4.98 Å². The van der Waals surface area contributed by atoms with Gasteiger partial charge < -0.3 is 9.67 Å². The van der Waals surface area contributed by atoms with Gasteiger partial charge in [0.1, 0.15) is 11.9 Å². The van der Waals surface area contributed by atoms with E-state index >= 15 is 0 Å². The van der Waals surface area contributed by atoms with E-state index < -0.39 is 6.10 Å². The summed E-state index contributed by atoms with van der Waals surface area (Å²) in [6, 6.07) is 7.93. The van der Waals surface area contributed by atoms with Crippen molar-refractivity contribution in [2.24, 2.45) is 7.05 Å². The third-order valence-corrected chi connectivity index (χ3v) is 2.97. The molecule has 0 aliphatic carbocycles. The van der Waals surface area contributed by atoms with Crippen LogP contribution >= 0.6 is 15.9 Å². The molecule has 2 aromatic rings. The number of hydrogen-bond acceptors (Lipinski definition) is 2. The van der Waals surface area contributed by atoms with Crippen molar-refractivity contribution in [3.05, 3.63) is 52.5 Å². The van der Waals surface area contributed by atoms with E-state index in [1.165, 1.54) is 0 Å². The number of halogens is 1. The summed E-state index contributed by atoms with van der Waals surface area (Å²) in [5.41, 5.74) is 1.09. The zero-order chi connectivity index (χ0) is 11.5. The van der Waals surface area contributed by atoms with E-state index in [9.17, 15) is 5.11 Å². The zero-order valence-corrected chi connectivity index (χ0v) is 10.6. The standard InChI is InChI=1S/C12H13BrN2O/c1-15-6-5-14-12(15)11(16)8-9-3-2-4-10(13)7-9/h2-7,11,16H,8H2,1H3. The Labute approximate surface area is 103 Å². The second-order valence-electron chi connectivity index (χ2n) is 3.75. The van der Waals surface area contributed by atoms with E-state index in [1.807, 2.05) is 42.1 Å². The van der Waals surface area contributed by atoms with Crippen molar-refractivity contribution < 1.29 is 5.11 Å². The van der Waals surface area contributed by atoms with Gasteiger partial charge >= 0.3 is 0 Å². The molecule has 0 bridgehead atoms. The summed E-state index contributed by atoms with van der Waals surface area (Å²) in [4.78, 5) is 4.14. The van der Waals surface area contributed by atoms with Crippen molar-refractivity contribution >= 4 is 15.9 Å². The molecule has 4 heteroatoms. The molecule has 1 aromatic carbocycles. The molecular formula is C12H13BrN2O. The van der Waals surface area contributed by atoms with Crippen LogP contribution in [0.15, 0.2) is 41.1 Å². The highest BCUT2D eigenvalue weighted by Crippen LogP contribution is 2.19. The second kappa shape index (κ2) is 4.80. The van der Waals surface area contributed by atoms with Gasteiger partial charge in [0, 0.05) is 30.3 Å². The number of rotatable bonds is 3. The lowest BCUT2D eigenvalue weighted by Crippen LogP contribution is -2.08. The van der Waals surface area contributed by atoms with Crippen molar-refractivity contribution in [2.45, 2.75) is 12.5 Å². The van der Waals surface area contributed by atoms with Crippen LogP contribution in [-0.2, 0) is 13.5 Å². The monoisotopic (exact) mass is 280 g/mol. The average molecular weight is 281 g/mol. The van der Waals surface area contributed by atoms with Crippen molar-refractivity contribution in [3.8, 4) is 0 Å². The minimum absolute atomic E-state index is 0.561. The van der Waals surface area contributed by atoms with Gasteiger partial charge in [-0.05, 0) is 17.7 Å². The smallest absolute Gasteiger partial charge is 0.137 e. The van der Waals surface area contributed by atoms with Crippen LogP contribution in [-0.4, -0.2) is 14.7 Å². The first-order valence-corrected chi connectivity index (χ1v) is 5.86. The highest BCUT2D eigenvalue weighted by molar-refractivity contribution is 9.10. The summed E-state index contributed by atoms with van der Waals surface area (Å²) in [6.07, 6.45) is 3.54. The van der Waals surface area contributed by atoms with Gasteiger partial charge in [0.05, 0.1) is 0 Å². The molecule has 0 amide bonds. The van der Waals surface area contributed by atoms with Gasteiger partial charge in [-0.1, -0.05) is 28.1 Å². The van der Waals surface area contributed by atoms with Crippen LogP contribution in [0, 0.1) is 0 Å². The lowest BCUT2D eigenvalue weighted by molar-refractivity contribution is 0.165. The first kappa shape index (κ1) is 11.4. The number of hydrogen-bond donors (Lipinski definition) is 1. The minimum atomic E-state index is -0.561. The van der Waals surface area contributed by atoms with Crippen molar-refractivity contribution in [1.82, 2.24) is 9.55 Å². The number of benzene rings is 1. The van der Waals surface area contributed by atoms with Crippen molar-refractivity contribution in [2.75, 3.05) is 0 Å². The number of aliphatic hydroxyl groups is 1. The molecule has 0 saturated carbocycles. The van der Waals surface area contributed by atoms with E-state index in [-0.39, 0.29) is 0 Å². The predicted octanol–water partition coefficient (Wildman–Crippen LogP) is 2.46. The molecule has 84 valence electrons. The highest BCUT2D eigenvalue weighted by Gasteiger charge is 2.12. The van der Waals surface area contributed by atoms with Gasteiger partial charge in [0.15, 0.2) is 0 Å². The molecule has 0 aliphatic rings. The van der Waals surface area contributed by atoms with Crippen molar-refractivity contribution in [1.29, 1.82) is 0 Å². The fourth-order valence-electron chi connectivity index (χ4n) is 1.68. The second-order valence-corrected chi connectivity index (χ2v) is 4.66. The molecule has 0 radical (unpaired) electrons. The van der Waals surface area contributed by atoms with E-state index in [0.717, 1.165) is 10.0 Å². The number of nitrogens with zero attached hydrogens (tertiary/aromatic N) is 2.